The summed E-state index contributed by atoms with van der Waals surface area (Å²) in [6.07, 6.45) is 4.77. The first-order valence-electron chi connectivity index (χ1n) is 12.8. The number of nitrogens with zero attached hydrogens (tertiary/aromatic N) is 2. The summed E-state index contributed by atoms with van der Waals surface area (Å²) in [4.78, 5) is 32.6. The molecule has 0 radical (unpaired) electrons. The van der Waals surface area contributed by atoms with E-state index in [-0.39, 0.29) is 35.8 Å². The molecule has 3 aromatic rings. The van der Waals surface area contributed by atoms with Crippen molar-refractivity contribution >= 4 is 11.9 Å². The van der Waals surface area contributed by atoms with Crippen LogP contribution in [-0.4, -0.2) is 40.5 Å². The van der Waals surface area contributed by atoms with E-state index in [2.05, 4.69) is 29.2 Å². The van der Waals surface area contributed by atoms with Gasteiger partial charge < -0.3 is 9.64 Å². The Kier molecular flexibility index (Phi) is 5.82. The molecule has 2 bridgehead atoms. The predicted molar refractivity (Wildman–Crippen MR) is 134 cm³/mol. The van der Waals surface area contributed by atoms with Gasteiger partial charge in [-0.05, 0) is 72.9 Å². The quantitative estimate of drug-likeness (QED) is 0.408. The lowest BCUT2D eigenvalue weighted by atomic mass is 9.76. The van der Waals surface area contributed by atoms with Crippen LogP contribution < -0.4 is 0 Å². The summed E-state index contributed by atoms with van der Waals surface area (Å²) in [5.74, 6) is -0.676. The summed E-state index contributed by atoms with van der Waals surface area (Å²) in [6, 6.07) is 17.9. The van der Waals surface area contributed by atoms with Crippen molar-refractivity contribution in [1.82, 2.24) is 9.88 Å². The van der Waals surface area contributed by atoms with Gasteiger partial charge in [-0.2, -0.15) is 0 Å². The van der Waals surface area contributed by atoms with Crippen LogP contribution >= 0.6 is 0 Å². The van der Waals surface area contributed by atoms with E-state index >= 15 is 0 Å². The van der Waals surface area contributed by atoms with E-state index in [1.807, 2.05) is 29.2 Å². The first-order valence-corrected chi connectivity index (χ1v) is 12.8. The molecule has 6 heteroatoms. The molecule has 1 aromatic heterocycles. The average molecular weight is 485 g/mol. The molecule has 0 saturated carbocycles. The topological polar surface area (TPSA) is 59.5 Å². The lowest BCUT2D eigenvalue weighted by molar-refractivity contribution is 0.00639. The van der Waals surface area contributed by atoms with Gasteiger partial charge in [0.1, 0.15) is 18.1 Å². The Morgan fingerprint density at radius 2 is 1.61 bits per heavy atom. The van der Waals surface area contributed by atoms with Gasteiger partial charge in [-0.15, -0.1) is 0 Å². The van der Waals surface area contributed by atoms with Gasteiger partial charge in [0.05, 0.1) is 6.20 Å². The fourth-order valence-electron chi connectivity index (χ4n) is 6.55. The molecule has 2 saturated heterocycles. The molecule has 3 aliphatic rings. The van der Waals surface area contributed by atoms with Crippen LogP contribution in [0, 0.1) is 18.7 Å². The second-order valence-corrected chi connectivity index (χ2v) is 10.3. The lowest BCUT2D eigenvalue weighted by Gasteiger charge is -2.47. The summed E-state index contributed by atoms with van der Waals surface area (Å²) in [7, 11) is 0. The Labute approximate surface area is 210 Å². The minimum absolute atomic E-state index is 0.0211. The second kappa shape index (κ2) is 9.16. The number of halogens is 1. The third kappa shape index (κ3) is 3.89. The van der Waals surface area contributed by atoms with Crippen LogP contribution in [0.4, 0.5) is 9.18 Å². The maximum atomic E-state index is 13.5. The Morgan fingerprint density at radius 1 is 1.00 bits per heavy atom. The molecule has 1 amide bonds. The number of carbonyl (C=O) groups is 2. The smallest absolute Gasteiger partial charge is 0.410 e. The fraction of sp³-hybridized carbons (Fsp3) is 0.367. The van der Waals surface area contributed by atoms with E-state index in [1.165, 1.54) is 28.3 Å². The standard InChI is InChI=1S/C30H29FN2O3/c1-18-13-20(31)16-32-28(18)29(34)19-14-21-7-6-8-22(15-19)33(21)30(35)36-17-27-25-11-4-2-9-23(25)24-10-3-5-12-26(24)27/h2-5,9-13,16,19,21-22,27H,6-8,14-15,17H2,1H3. The highest BCUT2D eigenvalue weighted by atomic mass is 19.1. The first kappa shape index (κ1) is 22.9. The number of benzene rings is 2. The minimum atomic E-state index is -0.439. The zero-order valence-electron chi connectivity index (χ0n) is 20.3. The van der Waals surface area contributed by atoms with Gasteiger partial charge in [-0.25, -0.2) is 14.2 Å². The van der Waals surface area contributed by atoms with Crippen LogP contribution in [-0.2, 0) is 4.74 Å². The molecule has 6 rings (SSSR count). The molecule has 0 spiro atoms. The fourth-order valence-corrected chi connectivity index (χ4v) is 6.55. The van der Waals surface area contributed by atoms with Gasteiger partial charge in [0, 0.05) is 23.9 Å². The van der Waals surface area contributed by atoms with E-state index in [1.54, 1.807) is 6.92 Å². The Bertz CT molecular complexity index is 1280. The molecule has 2 fully saturated rings. The van der Waals surface area contributed by atoms with Crippen molar-refractivity contribution in [2.45, 2.75) is 57.0 Å². The van der Waals surface area contributed by atoms with Crippen molar-refractivity contribution in [2.24, 2.45) is 5.92 Å². The number of Topliss-reactive ketones (excluding diaryl/α,β-unsaturated/α-hetero) is 1. The van der Waals surface area contributed by atoms with Crippen LogP contribution in [0.25, 0.3) is 11.1 Å². The van der Waals surface area contributed by atoms with Crippen molar-refractivity contribution < 1.29 is 18.7 Å². The molecule has 2 atom stereocenters. The number of aryl methyl sites for hydroxylation is 1. The number of rotatable bonds is 4. The van der Waals surface area contributed by atoms with E-state index in [9.17, 15) is 14.0 Å². The highest BCUT2D eigenvalue weighted by molar-refractivity contribution is 5.97. The molecule has 2 aliphatic heterocycles. The molecule has 0 N–H and O–H groups in total. The normalized spacial score (nSPS) is 22.6. The maximum absolute atomic E-state index is 13.5. The van der Waals surface area contributed by atoms with Crippen LogP contribution in [0.1, 0.15) is 65.2 Å². The van der Waals surface area contributed by atoms with Crippen LogP contribution in [0.2, 0.25) is 0 Å². The molecular weight excluding hydrogens is 455 g/mol. The van der Waals surface area contributed by atoms with Crippen molar-refractivity contribution in [2.75, 3.05) is 6.61 Å². The number of piperidine rings is 2. The largest absolute Gasteiger partial charge is 0.448 e. The van der Waals surface area contributed by atoms with Crippen LogP contribution in [0.5, 0.6) is 0 Å². The molecule has 1 aliphatic carbocycles. The molecular formula is C30H29FN2O3. The number of fused-ring (bicyclic) bond motifs is 5. The minimum Gasteiger partial charge on any atom is -0.448 e. The Balaban J connectivity index is 1.17. The first-order chi connectivity index (χ1) is 17.5. The van der Waals surface area contributed by atoms with Gasteiger partial charge in [-0.3, -0.25) is 4.79 Å². The zero-order chi connectivity index (χ0) is 24.8. The van der Waals surface area contributed by atoms with Crippen LogP contribution in [0.3, 0.4) is 0 Å². The summed E-state index contributed by atoms with van der Waals surface area (Å²) in [5, 5.41) is 0. The van der Waals surface area contributed by atoms with Crippen molar-refractivity contribution in [3.05, 3.63) is 89.0 Å². The average Bonchev–Trinajstić information content (AvgIpc) is 3.20. The third-order valence-corrected chi connectivity index (χ3v) is 8.17. The Hall–Kier alpha value is -3.54. The molecule has 5 nitrogen and oxygen atoms in total. The highest BCUT2D eigenvalue weighted by Gasteiger charge is 2.44. The SMILES string of the molecule is Cc1cc(F)cnc1C(=O)C1CC2CCCC(C1)N2C(=O)OCC1c2ccccc2-c2ccccc21. The lowest BCUT2D eigenvalue weighted by Crippen LogP contribution is -2.56. The maximum Gasteiger partial charge on any atom is 0.410 e. The van der Waals surface area contributed by atoms with E-state index in [0.717, 1.165) is 25.5 Å². The number of carbonyl (C=O) groups excluding carboxylic acids is 2. The number of amides is 1. The van der Waals surface area contributed by atoms with Gasteiger partial charge in [-0.1, -0.05) is 48.5 Å². The monoisotopic (exact) mass is 484 g/mol. The summed E-state index contributed by atoms with van der Waals surface area (Å²) in [5.41, 5.74) is 5.69. The van der Waals surface area contributed by atoms with Crippen molar-refractivity contribution in [1.29, 1.82) is 0 Å². The molecule has 2 unspecified atom stereocenters. The highest BCUT2D eigenvalue weighted by Crippen LogP contribution is 2.45. The van der Waals surface area contributed by atoms with Crippen molar-refractivity contribution in [3.63, 3.8) is 0 Å². The Morgan fingerprint density at radius 3 is 2.22 bits per heavy atom. The predicted octanol–water partition coefficient (Wildman–Crippen LogP) is 6.29. The number of aromatic nitrogens is 1. The van der Waals surface area contributed by atoms with Gasteiger partial charge in [0.15, 0.2) is 5.78 Å². The van der Waals surface area contributed by atoms with Gasteiger partial charge >= 0.3 is 6.09 Å². The summed E-state index contributed by atoms with van der Waals surface area (Å²) >= 11 is 0. The number of hydrogen-bond acceptors (Lipinski definition) is 4. The number of ether oxygens (including phenoxy) is 1. The summed E-state index contributed by atoms with van der Waals surface area (Å²) < 4.78 is 19.5. The van der Waals surface area contributed by atoms with Gasteiger partial charge in [0.2, 0.25) is 0 Å². The van der Waals surface area contributed by atoms with E-state index in [0.29, 0.717) is 30.7 Å². The zero-order valence-corrected chi connectivity index (χ0v) is 20.3. The number of pyridine rings is 1. The molecule has 36 heavy (non-hydrogen) atoms. The summed E-state index contributed by atoms with van der Waals surface area (Å²) in [6.45, 7) is 2.01. The molecule has 184 valence electrons. The number of ketones is 1. The van der Waals surface area contributed by atoms with E-state index in [4.69, 9.17) is 4.74 Å². The molecule has 3 heterocycles. The van der Waals surface area contributed by atoms with Gasteiger partial charge in [0.25, 0.3) is 0 Å². The van der Waals surface area contributed by atoms with E-state index < -0.39 is 5.82 Å². The van der Waals surface area contributed by atoms with Crippen LogP contribution in [0.15, 0.2) is 60.8 Å². The molecule has 2 aromatic carbocycles. The third-order valence-electron chi connectivity index (χ3n) is 8.17. The van der Waals surface area contributed by atoms with Crippen molar-refractivity contribution in [3.8, 4) is 11.1 Å². The number of hydrogen-bond donors (Lipinski definition) is 0. The second-order valence-electron chi connectivity index (χ2n) is 10.3.